The van der Waals surface area contributed by atoms with Gasteiger partial charge in [-0.25, -0.2) is 4.98 Å². The molecule has 10 heteroatoms. The molecule has 1 unspecified atom stereocenters. The molecule has 0 aliphatic carbocycles. The molecule has 6 nitrogen and oxygen atoms in total. The number of pyridine rings is 2. The molecule has 27 heavy (non-hydrogen) atoms. The van der Waals surface area contributed by atoms with Gasteiger partial charge in [0.25, 0.3) is 0 Å². The van der Waals surface area contributed by atoms with Crippen LogP contribution in [0.2, 0.25) is 0 Å². The first kappa shape index (κ1) is 18.6. The van der Waals surface area contributed by atoms with E-state index in [1.54, 1.807) is 24.4 Å². The van der Waals surface area contributed by atoms with Crippen LogP contribution < -0.4 is 10.2 Å². The number of halogens is 3. The third-order valence-electron chi connectivity index (χ3n) is 4.26. The standard InChI is InChI=1S/C17H16F2IN6P/c18-17(19,20)13-10(3-1-5-21-13)7-23-15-12-4-2-6-22-14(12)24-16(25-15)26-8-11(27)9-26/h1-6,11H,7-9,27H2,(H,22,23,24,25). The minimum absolute atomic E-state index is 0.175. The van der Waals surface area contributed by atoms with Crippen LogP contribution >= 0.6 is 31.8 Å². The van der Waals surface area contributed by atoms with Crippen molar-refractivity contribution >= 4 is 54.6 Å². The summed E-state index contributed by atoms with van der Waals surface area (Å²) in [5, 5.41) is 3.92. The number of anilines is 2. The predicted molar refractivity (Wildman–Crippen MR) is 113 cm³/mol. The van der Waals surface area contributed by atoms with Gasteiger partial charge in [0.15, 0.2) is 5.65 Å². The fraction of sp³-hybridized carbons (Fsp3) is 0.294. The van der Waals surface area contributed by atoms with Crippen molar-refractivity contribution in [1.29, 1.82) is 0 Å². The number of hydrogen-bond acceptors (Lipinski definition) is 6. The summed E-state index contributed by atoms with van der Waals surface area (Å²) < 4.78 is 24.6. The Labute approximate surface area is 170 Å². The topological polar surface area (TPSA) is 66.8 Å². The number of nitrogens with one attached hydrogen (secondary N) is 1. The Bertz CT molecular complexity index is 977. The van der Waals surface area contributed by atoms with Crippen molar-refractivity contribution in [2.45, 2.75) is 16.1 Å². The van der Waals surface area contributed by atoms with Gasteiger partial charge in [0.1, 0.15) is 11.5 Å². The van der Waals surface area contributed by atoms with Crippen molar-refractivity contribution in [2.75, 3.05) is 23.3 Å². The quantitative estimate of drug-likeness (QED) is 0.329. The summed E-state index contributed by atoms with van der Waals surface area (Å²) in [7, 11) is 2.78. The fourth-order valence-corrected chi connectivity index (χ4v) is 3.91. The van der Waals surface area contributed by atoms with E-state index in [0.29, 0.717) is 28.6 Å². The van der Waals surface area contributed by atoms with Crippen LogP contribution in [0.25, 0.3) is 11.0 Å². The largest absolute Gasteiger partial charge is 0.365 e. The summed E-state index contributed by atoms with van der Waals surface area (Å²) in [6.45, 7) is 1.89. The summed E-state index contributed by atoms with van der Waals surface area (Å²) in [4.78, 5) is 19.4. The van der Waals surface area contributed by atoms with Gasteiger partial charge in [-0.05, 0) is 23.8 Å². The second-order valence-electron chi connectivity index (χ2n) is 6.27. The molecule has 3 aromatic rings. The zero-order valence-electron chi connectivity index (χ0n) is 14.1. The average molecular weight is 500 g/mol. The highest BCUT2D eigenvalue weighted by Crippen LogP contribution is 2.36. The Morgan fingerprint density at radius 2 is 1.93 bits per heavy atom. The maximum absolute atomic E-state index is 13.8. The first-order valence-corrected chi connectivity index (χ1v) is 10.0. The van der Waals surface area contributed by atoms with Gasteiger partial charge >= 0.3 is 3.93 Å². The molecule has 3 aromatic heterocycles. The maximum Gasteiger partial charge on any atom is 0.338 e. The van der Waals surface area contributed by atoms with E-state index in [2.05, 4.69) is 39.4 Å². The number of hydrogen-bond donors (Lipinski definition) is 1. The Hall–Kier alpha value is -1.74. The third kappa shape index (κ3) is 3.94. The van der Waals surface area contributed by atoms with Crippen LogP contribution in [0.1, 0.15) is 11.3 Å². The van der Waals surface area contributed by atoms with Gasteiger partial charge in [-0.3, -0.25) is 4.98 Å². The average Bonchev–Trinajstić information content (AvgIpc) is 2.63. The molecule has 1 aliphatic heterocycles. The number of rotatable bonds is 5. The third-order valence-corrected chi connectivity index (χ3v) is 5.19. The molecule has 1 atom stereocenters. The minimum Gasteiger partial charge on any atom is -0.365 e. The lowest BCUT2D eigenvalue weighted by Gasteiger charge is -2.37. The number of nitrogens with zero attached hydrogens (tertiary/aromatic N) is 5. The zero-order chi connectivity index (χ0) is 19.0. The highest BCUT2D eigenvalue weighted by Gasteiger charge is 2.31. The molecule has 1 N–H and O–H groups in total. The molecule has 0 aromatic carbocycles. The summed E-state index contributed by atoms with van der Waals surface area (Å²) in [5.41, 5.74) is 1.27. The second kappa shape index (κ2) is 7.35. The summed E-state index contributed by atoms with van der Waals surface area (Å²) >= 11 is 1.10. The molecule has 1 aliphatic rings. The Balaban J connectivity index is 1.66. The predicted octanol–water partition coefficient (Wildman–Crippen LogP) is 3.58. The fourth-order valence-electron chi connectivity index (χ4n) is 2.92. The molecular formula is C17H16F2IN6P. The van der Waals surface area contributed by atoms with E-state index in [4.69, 9.17) is 0 Å². The normalized spacial score (nSPS) is 15.0. The molecule has 0 saturated carbocycles. The monoisotopic (exact) mass is 500 g/mol. The van der Waals surface area contributed by atoms with Gasteiger partial charge in [0, 0.05) is 60.3 Å². The van der Waals surface area contributed by atoms with Gasteiger partial charge < -0.3 is 10.2 Å². The van der Waals surface area contributed by atoms with Crippen molar-refractivity contribution in [1.82, 2.24) is 19.9 Å². The van der Waals surface area contributed by atoms with Crippen LogP contribution in [-0.2, 0) is 10.5 Å². The number of aromatic nitrogens is 4. The van der Waals surface area contributed by atoms with E-state index in [1.807, 2.05) is 6.07 Å². The molecule has 140 valence electrons. The first-order chi connectivity index (χ1) is 12.9. The van der Waals surface area contributed by atoms with E-state index >= 15 is 0 Å². The molecule has 0 radical (unpaired) electrons. The van der Waals surface area contributed by atoms with Crippen molar-refractivity contribution in [2.24, 2.45) is 0 Å². The molecule has 0 spiro atoms. The Morgan fingerprint density at radius 1 is 1.19 bits per heavy atom. The summed E-state index contributed by atoms with van der Waals surface area (Å²) in [6, 6.07) is 6.94. The van der Waals surface area contributed by atoms with E-state index in [0.717, 1.165) is 41.1 Å². The van der Waals surface area contributed by atoms with Crippen LogP contribution in [0.5, 0.6) is 0 Å². The molecular weight excluding hydrogens is 484 g/mol. The zero-order valence-corrected chi connectivity index (χ0v) is 17.4. The highest BCUT2D eigenvalue weighted by molar-refractivity contribution is 14.1. The van der Waals surface area contributed by atoms with Gasteiger partial charge in [0.05, 0.1) is 5.39 Å². The van der Waals surface area contributed by atoms with Crippen molar-refractivity contribution in [3.63, 3.8) is 0 Å². The molecule has 0 bridgehead atoms. The number of fused-ring (bicyclic) bond motifs is 1. The van der Waals surface area contributed by atoms with Crippen LogP contribution in [0.4, 0.5) is 20.5 Å². The van der Waals surface area contributed by atoms with Crippen LogP contribution in [0.3, 0.4) is 0 Å². The Morgan fingerprint density at radius 3 is 2.67 bits per heavy atom. The summed E-state index contributed by atoms with van der Waals surface area (Å²) in [6.07, 6.45) is 3.05. The van der Waals surface area contributed by atoms with Crippen LogP contribution in [0, 0.1) is 0 Å². The molecule has 0 amide bonds. The minimum atomic E-state index is -3.04. The van der Waals surface area contributed by atoms with Crippen LogP contribution in [0.15, 0.2) is 36.7 Å². The van der Waals surface area contributed by atoms with Crippen molar-refractivity contribution < 1.29 is 8.78 Å². The van der Waals surface area contributed by atoms with Crippen LogP contribution in [-0.4, -0.2) is 38.7 Å². The van der Waals surface area contributed by atoms with E-state index in [-0.39, 0.29) is 12.2 Å². The lowest BCUT2D eigenvalue weighted by molar-refractivity contribution is 0.121. The van der Waals surface area contributed by atoms with Gasteiger partial charge in [-0.2, -0.15) is 18.7 Å². The number of alkyl halides is 3. The molecule has 1 saturated heterocycles. The molecule has 4 heterocycles. The van der Waals surface area contributed by atoms with Crippen molar-refractivity contribution in [3.8, 4) is 0 Å². The maximum atomic E-state index is 13.8. The lowest BCUT2D eigenvalue weighted by Crippen LogP contribution is -2.48. The second-order valence-corrected chi connectivity index (χ2v) is 8.57. The van der Waals surface area contributed by atoms with Gasteiger partial charge in [-0.15, -0.1) is 9.24 Å². The SMILES string of the molecule is FC(F)(I)c1ncccc1CNc1nc(N2CC(P)C2)nc2ncccc12. The van der Waals surface area contributed by atoms with Gasteiger partial charge in [-0.1, -0.05) is 6.07 Å². The van der Waals surface area contributed by atoms with E-state index < -0.39 is 3.93 Å². The Kier molecular flexibility index (Phi) is 5.07. The molecule has 4 rings (SSSR count). The smallest absolute Gasteiger partial charge is 0.338 e. The lowest BCUT2D eigenvalue weighted by atomic mass is 10.2. The van der Waals surface area contributed by atoms with Gasteiger partial charge in [0.2, 0.25) is 5.95 Å². The van der Waals surface area contributed by atoms with E-state index in [1.165, 1.54) is 6.20 Å². The molecule has 1 fully saturated rings. The first-order valence-electron chi connectivity index (χ1n) is 8.30. The highest BCUT2D eigenvalue weighted by atomic mass is 127. The summed E-state index contributed by atoms with van der Waals surface area (Å²) in [5.74, 6) is 1.16. The van der Waals surface area contributed by atoms with E-state index in [9.17, 15) is 8.78 Å². The van der Waals surface area contributed by atoms with Crippen molar-refractivity contribution in [3.05, 3.63) is 47.9 Å².